The summed E-state index contributed by atoms with van der Waals surface area (Å²) in [7, 11) is 2.53. The van der Waals surface area contributed by atoms with E-state index >= 15 is 0 Å². The van der Waals surface area contributed by atoms with Gasteiger partial charge in [-0.2, -0.15) is 0 Å². The Kier molecular flexibility index (Phi) is 9.44. The predicted octanol–water partition coefficient (Wildman–Crippen LogP) is 1.74. The molecule has 5 rings (SSSR count). The number of hydrogen-bond donors (Lipinski definition) is 7. The highest BCUT2D eigenvalue weighted by molar-refractivity contribution is 5.90. The van der Waals surface area contributed by atoms with Crippen molar-refractivity contribution < 1.29 is 68.6 Å². The zero-order chi connectivity index (χ0) is 34.0. The third kappa shape index (κ3) is 6.73. The molecule has 0 radical (unpaired) electrons. The maximum Gasteiger partial charge on any atom is 0.330 e. The number of carbonyl (C=O) groups is 1. The van der Waals surface area contributed by atoms with Crippen LogP contribution in [0.4, 0.5) is 0 Å². The molecule has 7 N–H and O–H groups in total. The van der Waals surface area contributed by atoms with Gasteiger partial charge in [0.25, 0.3) is 0 Å². The van der Waals surface area contributed by atoms with Gasteiger partial charge in [-0.1, -0.05) is 6.07 Å². The van der Waals surface area contributed by atoms with Crippen molar-refractivity contribution in [1.82, 2.24) is 0 Å². The molecule has 15 nitrogen and oxygen atoms in total. The van der Waals surface area contributed by atoms with Gasteiger partial charge in [-0.05, 0) is 42.0 Å². The third-order valence-corrected chi connectivity index (χ3v) is 7.29. The van der Waals surface area contributed by atoms with Crippen LogP contribution < -0.4 is 19.6 Å². The van der Waals surface area contributed by atoms with Gasteiger partial charge < -0.3 is 63.8 Å². The maximum atomic E-state index is 13.1. The Morgan fingerprint density at radius 1 is 0.851 bits per heavy atom. The Morgan fingerprint density at radius 3 is 2.30 bits per heavy atom. The second-order valence-electron chi connectivity index (χ2n) is 10.3. The van der Waals surface area contributed by atoms with Crippen molar-refractivity contribution in [2.75, 3.05) is 20.8 Å². The lowest BCUT2D eigenvalue weighted by atomic mass is 9.99. The smallest absolute Gasteiger partial charge is 0.330 e. The second kappa shape index (κ2) is 13.5. The summed E-state index contributed by atoms with van der Waals surface area (Å²) in [5, 5.41) is 71.3. The van der Waals surface area contributed by atoms with Crippen LogP contribution in [0.3, 0.4) is 0 Å². The van der Waals surface area contributed by atoms with Crippen molar-refractivity contribution in [3.05, 3.63) is 70.4 Å². The summed E-state index contributed by atoms with van der Waals surface area (Å²) in [6, 6.07) is 10.4. The lowest BCUT2D eigenvalue weighted by Crippen LogP contribution is -2.60. The number of phenolic OH excluding ortho intramolecular Hbond substituents is 4. The lowest BCUT2D eigenvalue weighted by molar-refractivity contribution is -0.278. The average Bonchev–Trinajstić information content (AvgIpc) is 3.05. The Labute approximate surface area is 265 Å². The molecule has 1 aliphatic rings. The SMILES string of the molecule is COc1cc(-c2cc(=O)c3c(O)c(OC)c(O[C@@H]4O[C@H](COC(=O)/C=C/c5ccc(O)c(O)c5)[C@@H](O)[C@H](O)[C@H]4O)cc3o2)ccc1O. The number of esters is 1. The van der Waals surface area contributed by atoms with Crippen LogP contribution in [0, 0.1) is 0 Å². The van der Waals surface area contributed by atoms with E-state index in [1.165, 1.54) is 62.8 Å². The van der Waals surface area contributed by atoms with E-state index in [0.717, 1.165) is 12.1 Å². The van der Waals surface area contributed by atoms with E-state index in [2.05, 4.69) is 0 Å². The summed E-state index contributed by atoms with van der Waals surface area (Å²) < 4.78 is 32.7. The molecule has 0 bridgehead atoms. The van der Waals surface area contributed by atoms with Crippen LogP contribution in [-0.2, 0) is 14.3 Å². The number of hydrogen-bond acceptors (Lipinski definition) is 15. The molecule has 1 fully saturated rings. The first kappa shape index (κ1) is 32.9. The van der Waals surface area contributed by atoms with Gasteiger partial charge in [0.05, 0.1) is 14.2 Å². The highest BCUT2D eigenvalue weighted by atomic mass is 16.7. The number of methoxy groups -OCH3 is 2. The number of fused-ring (bicyclic) bond motifs is 1. The van der Waals surface area contributed by atoms with Gasteiger partial charge in [-0.15, -0.1) is 0 Å². The number of rotatable bonds is 9. The van der Waals surface area contributed by atoms with Gasteiger partial charge in [0.15, 0.2) is 39.9 Å². The zero-order valence-corrected chi connectivity index (χ0v) is 24.8. The lowest BCUT2D eigenvalue weighted by Gasteiger charge is -2.40. The second-order valence-corrected chi connectivity index (χ2v) is 10.3. The minimum Gasteiger partial charge on any atom is -0.504 e. The maximum absolute atomic E-state index is 13.1. The first-order valence-electron chi connectivity index (χ1n) is 13.9. The predicted molar refractivity (Wildman–Crippen MR) is 161 cm³/mol. The molecule has 0 unspecified atom stereocenters. The summed E-state index contributed by atoms with van der Waals surface area (Å²) in [4.78, 5) is 25.3. The van der Waals surface area contributed by atoms with Gasteiger partial charge in [0.1, 0.15) is 47.8 Å². The van der Waals surface area contributed by atoms with Crippen LogP contribution in [0.2, 0.25) is 0 Å². The molecule has 0 amide bonds. The van der Waals surface area contributed by atoms with Crippen LogP contribution in [0.25, 0.3) is 28.4 Å². The van der Waals surface area contributed by atoms with Crippen molar-refractivity contribution >= 4 is 23.0 Å². The van der Waals surface area contributed by atoms with E-state index in [1.54, 1.807) is 0 Å². The number of aliphatic hydroxyl groups excluding tert-OH is 3. The van der Waals surface area contributed by atoms with Crippen molar-refractivity contribution in [3.63, 3.8) is 0 Å². The number of phenols is 4. The molecule has 0 spiro atoms. The van der Waals surface area contributed by atoms with Gasteiger partial charge >= 0.3 is 5.97 Å². The van der Waals surface area contributed by atoms with E-state index < -0.39 is 60.2 Å². The van der Waals surface area contributed by atoms with Crippen LogP contribution in [0.5, 0.6) is 40.2 Å². The highest BCUT2D eigenvalue weighted by Gasteiger charge is 2.46. The summed E-state index contributed by atoms with van der Waals surface area (Å²) >= 11 is 0. The molecule has 5 atom stereocenters. The monoisotopic (exact) mass is 654 g/mol. The molecule has 0 aliphatic carbocycles. The van der Waals surface area contributed by atoms with Crippen LogP contribution in [-0.4, -0.2) is 93.2 Å². The topological polar surface area (TPSA) is 235 Å². The van der Waals surface area contributed by atoms with Gasteiger partial charge in [-0.3, -0.25) is 4.79 Å². The van der Waals surface area contributed by atoms with Crippen LogP contribution in [0.1, 0.15) is 5.56 Å². The van der Waals surface area contributed by atoms with Gasteiger partial charge in [0.2, 0.25) is 12.0 Å². The Hall–Kier alpha value is -5.48. The highest BCUT2D eigenvalue weighted by Crippen LogP contribution is 2.44. The largest absolute Gasteiger partial charge is 0.504 e. The Balaban J connectivity index is 1.38. The first-order valence-corrected chi connectivity index (χ1v) is 13.9. The summed E-state index contributed by atoms with van der Waals surface area (Å²) in [6.07, 6.45) is -6.20. The van der Waals surface area contributed by atoms with Crippen molar-refractivity contribution in [2.45, 2.75) is 30.7 Å². The fraction of sp³-hybridized carbons (Fsp3) is 0.250. The number of benzene rings is 3. The molecule has 248 valence electrons. The molecule has 47 heavy (non-hydrogen) atoms. The molecule has 1 aliphatic heterocycles. The fourth-order valence-electron chi connectivity index (χ4n) is 4.82. The Morgan fingerprint density at radius 2 is 1.60 bits per heavy atom. The molecule has 1 saturated heterocycles. The number of carbonyl (C=O) groups excluding carboxylic acids is 1. The number of aromatic hydroxyl groups is 4. The molecular weight excluding hydrogens is 624 g/mol. The summed E-state index contributed by atoms with van der Waals surface area (Å²) in [5.41, 5.74) is -0.0937. The molecule has 4 aromatic rings. The molecule has 0 saturated carbocycles. The minimum atomic E-state index is -1.84. The van der Waals surface area contributed by atoms with Crippen LogP contribution in [0.15, 0.2) is 63.8 Å². The van der Waals surface area contributed by atoms with E-state index in [9.17, 15) is 45.3 Å². The van der Waals surface area contributed by atoms with E-state index in [-0.39, 0.29) is 45.5 Å². The zero-order valence-electron chi connectivity index (χ0n) is 24.8. The normalized spacial score (nSPS) is 21.1. The third-order valence-electron chi connectivity index (χ3n) is 7.29. The fourth-order valence-corrected chi connectivity index (χ4v) is 4.82. The van der Waals surface area contributed by atoms with Crippen molar-refractivity contribution in [2.24, 2.45) is 0 Å². The Bertz CT molecular complexity index is 1880. The number of ether oxygens (including phenoxy) is 5. The summed E-state index contributed by atoms with van der Waals surface area (Å²) in [5.74, 6) is -2.89. The first-order chi connectivity index (χ1) is 22.4. The van der Waals surface area contributed by atoms with E-state index in [1.807, 2.05) is 0 Å². The summed E-state index contributed by atoms with van der Waals surface area (Å²) in [6.45, 7) is -0.594. The van der Waals surface area contributed by atoms with Gasteiger partial charge in [0, 0.05) is 23.8 Å². The van der Waals surface area contributed by atoms with E-state index in [0.29, 0.717) is 11.1 Å². The quantitative estimate of drug-likeness (QED) is 0.0773. The molecular formula is C32H30O15. The van der Waals surface area contributed by atoms with Crippen molar-refractivity contribution in [3.8, 4) is 51.6 Å². The molecule has 2 heterocycles. The van der Waals surface area contributed by atoms with E-state index in [4.69, 9.17) is 28.1 Å². The minimum absolute atomic E-state index is 0.0435. The van der Waals surface area contributed by atoms with Gasteiger partial charge in [-0.25, -0.2) is 4.79 Å². The molecule has 3 aromatic carbocycles. The number of aliphatic hydroxyl groups is 3. The average molecular weight is 655 g/mol. The molecule has 15 heteroatoms. The molecule has 1 aromatic heterocycles. The standard InChI is InChI=1S/C32H30O15/c1-42-21-10-15(5-7-17(21)34)20-11-19(36)26-22(45-20)12-23(31(43-2)28(26)39)46-32-30(41)29(40)27(38)24(47-32)13-44-25(37)8-4-14-3-6-16(33)18(35)9-14/h3-12,24,27,29-30,32-35,38-41H,13H2,1-2H3/b8-4+/t24-,27-,29+,30-,32-/m1/s1. The van der Waals surface area contributed by atoms with Crippen molar-refractivity contribution in [1.29, 1.82) is 0 Å². The van der Waals surface area contributed by atoms with Crippen LogP contribution >= 0.6 is 0 Å².